The van der Waals surface area contributed by atoms with Gasteiger partial charge < -0.3 is 9.84 Å². The van der Waals surface area contributed by atoms with Crippen molar-refractivity contribution < 1.29 is 9.84 Å². The molecule has 0 aliphatic carbocycles. The fraction of sp³-hybridized carbons (Fsp3) is 0.438. The molecule has 0 saturated heterocycles. The van der Waals surface area contributed by atoms with Gasteiger partial charge in [-0.05, 0) is 25.5 Å². The second-order valence-electron chi connectivity index (χ2n) is 4.89. The molecule has 0 bridgehead atoms. The van der Waals surface area contributed by atoms with Crippen molar-refractivity contribution in [3.63, 3.8) is 0 Å². The van der Waals surface area contributed by atoms with Gasteiger partial charge in [-0.25, -0.2) is 0 Å². The van der Waals surface area contributed by atoms with Crippen molar-refractivity contribution in [3.05, 3.63) is 35.5 Å². The molecule has 0 aliphatic heterocycles. The molecular formula is C16H22N2O2. The van der Waals surface area contributed by atoms with Gasteiger partial charge in [0.15, 0.2) is 0 Å². The third-order valence-corrected chi connectivity index (χ3v) is 3.38. The molecule has 0 spiro atoms. The van der Waals surface area contributed by atoms with Gasteiger partial charge in [-0.1, -0.05) is 31.9 Å². The lowest BCUT2D eigenvalue weighted by Gasteiger charge is -2.10. The summed E-state index contributed by atoms with van der Waals surface area (Å²) in [7, 11) is 0. The zero-order valence-electron chi connectivity index (χ0n) is 12.1. The highest BCUT2D eigenvalue weighted by Crippen LogP contribution is 2.32. The minimum Gasteiger partial charge on any atom is -0.493 e. The zero-order chi connectivity index (χ0) is 14.4. The van der Waals surface area contributed by atoms with Gasteiger partial charge in [0.05, 0.1) is 13.2 Å². The Labute approximate surface area is 119 Å². The van der Waals surface area contributed by atoms with Crippen LogP contribution in [0.3, 0.4) is 0 Å². The number of para-hydroxylation sites is 1. The van der Waals surface area contributed by atoms with Crippen molar-refractivity contribution in [1.29, 1.82) is 0 Å². The molecule has 0 radical (unpaired) electrons. The Balaban J connectivity index is 2.23. The molecule has 2 N–H and O–H groups in total. The summed E-state index contributed by atoms with van der Waals surface area (Å²) in [5, 5.41) is 16.7. The second-order valence-corrected chi connectivity index (χ2v) is 4.89. The smallest absolute Gasteiger partial charge is 0.128 e. The summed E-state index contributed by atoms with van der Waals surface area (Å²) in [6, 6.07) is 7.84. The van der Waals surface area contributed by atoms with Gasteiger partial charge >= 0.3 is 0 Å². The monoisotopic (exact) mass is 274 g/mol. The van der Waals surface area contributed by atoms with E-state index in [1.54, 1.807) is 0 Å². The number of aliphatic hydroxyl groups excluding tert-OH is 1. The predicted molar refractivity (Wildman–Crippen MR) is 79.7 cm³/mol. The fourth-order valence-corrected chi connectivity index (χ4v) is 2.19. The molecule has 0 fully saturated rings. The lowest BCUT2D eigenvalue weighted by atomic mass is 10.1. The summed E-state index contributed by atoms with van der Waals surface area (Å²) >= 11 is 0. The van der Waals surface area contributed by atoms with Crippen LogP contribution in [0.25, 0.3) is 11.3 Å². The number of unbranched alkanes of at least 4 members (excludes halogenated alkanes) is 2. The molecule has 4 heteroatoms. The van der Waals surface area contributed by atoms with Gasteiger partial charge in [0, 0.05) is 16.8 Å². The number of aryl methyl sites for hydroxylation is 1. The highest BCUT2D eigenvalue weighted by Gasteiger charge is 2.15. The molecular weight excluding hydrogens is 252 g/mol. The first-order valence-corrected chi connectivity index (χ1v) is 7.14. The van der Waals surface area contributed by atoms with E-state index >= 15 is 0 Å². The van der Waals surface area contributed by atoms with Gasteiger partial charge in [0.2, 0.25) is 0 Å². The molecule has 4 nitrogen and oxygen atoms in total. The number of hydrogen-bond acceptors (Lipinski definition) is 3. The number of H-pyrrole nitrogens is 1. The fourth-order valence-electron chi connectivity index (χ4n) is 2.19. The van der Waals surface area contributed by atoms with Gasteiger partial charge in [-0.2, -0.15) is 5.10 Å². The predicted octanol–water partition coefficient (Wildman–Crippen LogP) is 3.45. The van der Waals surface area contributed by atoms with E-state index in [0.717, 1.165) is 34.7 Å². The van der Waals surface area contributed by atoms with Crippen LogP contribution < -0.4 is 4.74 Å². The lowest BCUT2D eigenvalue weighted by Crippen LogP contribution is -1.99. The standard InChI is InChI=1S/C16H22N2O2/c1-3-4-7-10-20-15-9-6-5-8-13(15)16-14(11-19)12(2)17-18-16/h5-6,8-9,19H,3-4,7,10-11H2,1-2H3,(H,17,18). The molecule has 2 rings (SSSR count). The number of aliphatic hydroxyl groups is 1. The number of hydrogen-bond donors (Lipinski definition) is 2. The molecule has 0 amide bonds. The number of rotatable bonds is 7. The summed E-state index contributed by atoms with van der Waals surface area (Å²) < 4.78 is 5.87. The number of nitrogens with one attached hydrogen (secondary N) is 1. The van der Waals surface area contributed by atoms with Crippen LogP contribution in [0, 0.1) is 6.92 Å². The summed E-state index contributed by atoms with van der Waals surface area (Å²) in [5.41, 5.74) is 3.42. The number of aromatic amines is 1. The van der Waals surface area contributed by atoms with Crippen LogP contribution in [-0.4, -0.2) is 21.9 Å². The van der Waals surface area contributed by atoms with Crippen molar-refractivity contribution in [2.24, 2.45) is 0 Å². The maximum atomic E-state index is 9.49. The Morgan fingerprint density at radius 1 is 1.25 bits per heavy atom. The first-order valence-electron chi connectivity index (χ1n) is 7.14. The van der Waals surface area contributed by atoms with Gasteiger partial charge in [0.1, 0.15) is 11.4 Å². The van der Waals surface area contributed by atoms with Gasteiger partial charge in [0.25, 0.3) is 0 Å². The minimum absolute atomic E-state index is 0.0260. The van der Waals surface area contributed by atoms with Crippen molar-refractivity contribution in [3.8, 4) is 17.0 Å². The molecule has 1 heterocycles. The minimum atomic E-state index is -0.0260. The van der Waals surface area contributed by atoms with Crippen molar-refractivity contribution in [2.45, 2.75) is 39.7 Å². The summed E-state index contributed by atoms with van der Waals surface area (Å²) in [4.78, 5) is 0. The molecule has 0 saturated carbocycles. The van der Waals surface area contributed by atoms with Crippen molar-refractivity contribution in [1.82, 2.24) is 10.2 Å². The zero-order valence-corrected chi connectivity index (χ0v) is 12.1. The highest BCUT2D eigenvalue weighted by atomic mass is 16.5. The van der Waals surface area contributed by atoms with Gasteiger partial charge in [-0.3, -0.25) is 5.10 Å². The quantitative estimate of drug-likeness (QED) is 0.760. The van der Waals surface area contributed by atoms with E-state index in [2.05, 4.69) is 17.1 Å². The van der Waals surface area contributed by atoms with Crippen LogP contribution in [0.5, 0.6) is 5.75 Å². The van der Waals surface area contributed by atoms with E-state index in [9.17, 15) is 5.11 Å². The normalized spacial score (nSPS) is 10.8. The van der Waals surface area contributed by atoms with Crippen LogP contribution in [0.2, 0.25) is 0 Å². The van der Waals surface area contributed by atoms with Crippen LogP contribution in [0.15, 0.2) is 24.3 Å². The number of nitrogens with zero attached hydrogens (tertiary/aromatic N) is 1. The van der Waals surface area contributed by atoms with Crippen molar-refractivity contribution >= 4 is 0 Å². The maximum Gasteiger partial charge on any atom is 0.128 e. The van der Waals surface area contributed by atoms with Crippen LogP contribution in [0.4, 0.5) is 0 Å². The molecule has 20 heavy (non-hydrogen) atoms. The third-order valence-electron chi connectivity index (χ3n) is 3.38. The Bertz CT molecular complexity index is 549. The SMILES string of the molecule is CCCCCOc1ccccc1-c1n[nH]c(C)c1CO. The Kier molecular flexibility index (Phi) is 5.18. The average Bonchev–Trinajstić information content (AvgIpc) is 2.85. The van der Waals surface area contributed by atoms with Crippen molar-refractivity contribution in [2.75, 3.05) is 6.61 Å². The molecule has 1 aromatic heterocycles. The van der Waals surface area contributed by atoms with Crippen LogP contribution in [-0.2, 0) is 6.61 Å². The first-order chi connectivity index (χ1) is 9.77. The average molecular weight is 274 g/mol. The summed E-state index contributed by atoms with van der Waals surface area (Å²) in [6.45, 7) is 4.77. The molecule has 0 atom stereocenters. The number of benzene rings is 1. The molecule has 2 aromatic rings. The van der Waals surface area contributed by atoms with Gasteiger partial charge in [-0.15, -0.1) is 0 Å². The lowest BCUT2D eigenvalue weighted by molar-refractivity contribution is 0.281. The molecule has 108 valence electrons. The third kappa shape index (κ3) is 3.20. The van der Waals surface area contributed by atoms with E-state index in [4.69, 9.17) is 4.74 Å². The van der Waals surface area contributed by atoms with Crippen LogP contribution in [0.1, 0.15) is 37.4 Å². The van der Waals surface area contributed by atoms with E-state index in [1.807, 2.05) is 31.2 Å². The van der Waals surface area contributed by atoms with E-state index in [1.165, 1.54) is 12.8 Å². The van der Waals surface area contributed by atoms with Crippen LogP contribution >= 0.6 is 0 Å². The van der Waals surface area contributed by atoms with E-state index < -0.39 is 0 Å². The number of aromatic nitrogens is 2. The molecule has 1 aromatic carbocycles. The topological polar surface area (TPSA) is 58.1 Å². The second kappa shape index (κ2) is 7.10. The van der Waals surface area contributed by atoms with E-state index in [-0.39, 0.29) is 6.61 Å². The van der Waals surface area contributed by atoms with E-state index in [0.29, 0.717) is 6.61 Å². The Hall–Kier alpha value is -1.81. The number of ether oxygens (including phenoxy) is 1. The largest absolute Gasteiger partial charge is 0.493 e. The molecule has 0 aliphatic rings. The summed E-state index contributed by atoms with van der Waals surface area (Å²) in [6.07, 6.45) is 3.40. The maximum absolute atomic E-state index is 9.49. The highest BCUT2D eigenvalue weighted by molar-refractivity contribution is 5.70. The first kappa shape index (κ1) is 14.6. The summed E-state index contributed by atoms with van der Waals surface area (Å²) in [5.74, 6) is 0.824. The molecule has 0 unspecified atom stereocenters. The Morgan fingerprint density at radius 2 is 2.05 bits per heavy atom. The Morgan fingerprint density at radius 3 is 2.80 bits per heavy atom.